The monoisotopic (exact) mass is 482 g/mol. The maximum atomic E-state index is 15.5. The molecule has 0 saturated carbocycles. The fourth-order valence-corrected chi connectivity index (χ4v) is 8.93. The van der Waals surface area contributed by atoms with E-state index < -0.39 is 31.6 Å². The Hall–Kier alpha value is -2.55. The van der Waals surface area contributed by atoms with E-state index in [0.29, 0.717) is 29.8 Å². The number of aliphatic hydroxyl groups excluding tert-OH is 1. The topological polar surface area (TPSA) is 70.1 Å². The van der Waals surface area contributed by atoms with Crippen LogP contribution in [0, 0.1) is 5.92 Å². The van der Waals surface area contributed by atoms with Gasteiger partial charge in [-0.15, -0.1) is 0 Å². The van der Waals surface area contributed by atoms with Gasteiger partial charge in [-0.25, -0.2) is 0 Å². The third kappa shape index (κ3) is 3.19. The van der Waals surface area contributed by atoms with Crippen molar-refractivity contribution in [3.63, 3.8) is 0 Å². The third-order valence-electron chi connectivity index (χ3n) is 7.84. The van der Waals surface area contributed by atoms with Gasteiger partial charge < -0.3 is 18.9 Å². The van der Waals surface area contributed by atoms with Crippen molar-refractivity contribution < 1.29 is 23.5 Å². The van der Waals surface area contributed by atoms with Crippen molar-refractivity contribution in [2.45, 2.75) is 56.5 Å². The molecule has 5 rings (SSSR count). The number of rotatable bonds is 4. The second kappa shape index (κ2) is 8.00. The number of hydrogen-bond donors (Lipinski definition) is 1. The number of nitrogens with zero attached hydrogens (tertiary/aromatic N) is 2. The fraction of sp³-hybridized carbons (Fsp3) is 0.462. The normalized spacial score (nSPS) is 28.6. The first-order chi connectivity index (χ1) is 16.1. The molecule has 3 aliphatic heterocycles. The van der Waals surface area contributed by atoms with Crippen LogP contribution in [0.3, 0.4) is 0 Å². The Morgan fingerprint density at radius 2 is 1.88 bits per heavy atom. The Bertz CT molecular complexity index is 1170. The van der Waals surface area contributed by atoms with Crippen molar-refractivity contribution in [1.29, 1.82) is 0 Å². The third-order valence-corrected chi connectivity index (χ3v) is 10.3. The van der Waals surface area contributed by atoms with Gasteiger partial charge in [0.1, 0.15) is 0 Å². The lowest BCUT2D eigenvalue weighted by Crippen LogP contribution is -2.44. The SMILES string of the molecule is C[C@H]1[C@H]([Si](C)(C)F)[C@@H](CCO)O[C@]12C(=O)N(C)c1ccc(N3C(=O)CCc4ccccc43)cc12. The highest BCUT2D eigenvalue weighted by atomic mass is 28.4. The molecule has 0 unspecified atom stereocenters. The molecule has 34 heavy (non-hydrogen) atoms. The average molecular weight is 483 g/mol. The van der Waals surface area contributed by atoms with Gasteiger partial charge in [-0.1, -0.05) is 25.1 Å². The van der Waals surface area contributed by atoms with E-state index in [1.54, 1.807) is 29.9 Å². The molecule has 1 N–H and O–H groups in total. The number of halogens is 1. The summed E-state index contributed by atoms with van der Waals surface area (Å²) in [7, 11) is -1.52. The number of benzene rings is 2. The van der Waals surface area contributed by atoms with Crippen molar-refractivity contribution in [2.75, 3.05) is 23.5 Å². The first-order valence-electron chi connectivity index (χ1n) is 11.9. The number of hydrogen-bond acceptors (Lipinski definition) is 4. The molecule has 2 amide bonds. The number of likely N-dealkylation sites (N-methyl/N-ethyl adjacent to an activating group) is 1. The van der Waals surface area contributed by atoms with Crippen LogP contribution in [0.15, 0.2) is 42.5 Å². The van der Waals surface area contributed by atoms with Crippen LogP contribution in [-0.4, -0.2) is 45.1 Å². The maximum Gasteiger partial charge on any atom is 0.264 e. The summed E-state index contributed by atoms with van der Waals surface area (Å²) >= 11 is 0. The molecule has 1 spiro atoms. The summed E-state index contributed by atoms with van der Waals surface area (Å²) in [5, 5.41) is 9.65. The summed E-state index contributed by atoms with van der Waals surface area (Å²) in [6.45, 7) is 5.05. The number of aryl methyl sites for hydroxylation is 1. The molecule has 0 aromatic heterocycles. The van der Waals surface area contributed by atoms with E-state index in [4.69, 9.17) is 4.74 Å². The summed E-state index contributed by atoms with van der Waals surface area (Å²) in [4.78, 5) is 30.0. The van der Waals surface area contributed by atoms with Crippen molar-refractivity contribution in [1.82, 2.24) is 0 Å². The van der Waals surface area contributed by atoms with Gasteiger partial charge in [0, 0.05) is 42.8 Å². The number of ether oxygens (including phenoxy) is 1. The Balaban J connectivity index is 1.66. The minimum atomic E-state index is -3.23. The number of carbonyl (C=O) groups excluding carboxylic acids is 2. The molecule has 1 fully saturated rings. The van der Waals surface area contributed by atoms with E-state index in [1.807, 2.05) is 49.4 Å². The molecular formula is C26H31FN2O4Si. The van der Waals surface area contributed by atoms with Gasteiger partial charge >= 0.3 is 0 Å². The summed E-state index contributed by atoms with van der Waals surface area (Å²) in [5.74, 6) is -0.633. The second-order valence-corrected chi connectivity index (χ2v) is 14.0. The zero-order chi connectivity index (χ0) is 24.4. The maximum absolute atomic E-state index is 15.5. The average Bonchev–Trinajstić information content (AvgIpc) is 3.21. The Morgan fingerprint density at radius 3 is 2.59 bits per heavy atom. The number of fused-ring (bicyclic) bond motifs is 3. The zero-order valence-electron chi connectivity index (χ0n) is 20.0. The van der Waals surface area contributed by atoms with Crippen LogP contribution >= 0.6 is 0 Å². The molecule has 0 bridgehead atoms. The van der Waals surface area contributed by atoms with Crippen LogP contribution in [0.5, 0.6) is 0 Å². The molecular weight excluding hydrogens is 451 g/mol. The van der Waals surface area contributed by atoms with Crippen LogP contribution in [0.1, 0.15) is 30.9 Å². The van der Waals surface area contributed by atoms with Crippen molar-refractivity contribution in [2.24, 2.45) is 5.92 Å². The van der Waals surface area contributed by atoms with Crippen molar-refractivity contribution >= 4 is 37.3 Å². The Morgan fingerprint density at radius 1 is 1.15 bits per heavy atom. The molecule has 8 heteroatoms. The fourth-order valence-electron chi connectivity index (χ4n) is 6.39. The summed E-state index contributed by atoms with van der Waals surface area (Å²) in [5.41, 5.74) is 2.23. The molecule has 180 valence electrons. The standard InChI is InChI=1S/C26H31FN2O4Si/c1-16-24(34(3,4)27)22(13-14-30)33-26(16)19-15-18(10-11-21(19)28(2)25(26)32)29-20-8-6-5-7-17(20)9-12-23(29)31/h5-8,10-11,15-16,22,24,30H,9,12-14H2,1-4H3/t16-,22+,24-,26+/m0/s1. The van der Waals surface area contributed by atoms with Gasteiger partial charge in [0.25, 0.3) is 5.91 Å². The largest absolute Gasteiger partial charge is 0.396 e. The molecule has 4 atom stereocenters. The highest BCUT2D eigenvalue weighted by Gasteiger charge is 2.66. The van der Waals surface area contributed by atoms with E-state index in [1.165, 1.54) is 0 Å². The first-order valence-corrected chi connectivity index (χ1v) is 14.9. The number of aliphatic hydroxyl groups is 1. The quantitative estimate of drug-likeness (QED) is 0.517. The predicted molar refractivity (Wildman–Crippen MR) is 132 cm³/mol. The molecule has 3 heterocycles. The van der Waals surface area contributed by atoms with Crippen LogP contribution in [-0.2, 0) is 26.3 Å². The van der Waals surface area contributed by atoms with E-state index in [2.05, 4.69) is 0 Å². The molecule has 3 aliphatic rings. The van der Waals surface area contributed by atoms with Gasteiger partial charge in [0.2, 0.25) is 14.3 Å². The molecule has 0 radical (unpaired) electrons. The Labute approximate surface area is 200 Å². The van der Waals surface area contributed by atoms with Crippen LogP contribution in [0.25, 0.3) is 0 Å². The highest BCUT2D eigenvalue weighted by molar-refractivity contribution is 6.72. The molecule has 2 aromatic rings. The van der Waals surface area contributed by atoms with Gasteiger partial charge in [0.15, 0.2) is 5.60 Å². The van der Waals surface area contributed by atoms with E-state index >= 15 is 4.11 Å². The number of anilines is 3. The number of carbonyl (C=O) groups is 2. The van der Waals surface area contributed by atoms with Gasteiger partial charge in [-0.3, -0.25) is 14.5 Å². The van der Waals surface area contributed by atoms with Crippen LogP contribution in [0.2, 0.25) is 18.6 Å². The van der Waals surface area contributed by atoms with Crippen LogP contribution < -0.4 is 9.80 Å². The highest BCUT2D eigenvalue weighted by Crippen LogP contribution is 2.60. The Kier molecular flexibility index (Phi) is 5.46. The van der Waals surface area contributed by atoms with Crippen molar-refractivity contribution in [3.8, 4) is 0 Å². The molecule has 1 saturated heterocycles. The molecule has 0 aliphatic carbocycles. The van der Waals surface area contributed by atoms with Gasteiger partial charge in [-0.05, 0) is 55.8 Å². The van der Waals surface area contributed by atoms with Gasteiger partial charge in [0.05, 0.1) is 17.5 Å². The minimum Gasteiger partial charge on any atom is -0.396 e. The van der Waals surface area contributed by atoms with E-state index in [0.717, 1.165) is 11.3 Å². The predicted octanol–water partition coefficient (Wildman–Crippen LogP) is 4.43. The van der Waals surface area contributed by atoms with E-state index in [9.17, 15) is 14.7 Å². The lowest BCUT2D eigenvalue weighted by molar-refractivity contribution is -0.146. The molecule has 6 nitrogen and oxygen atoms in total. The summed E-state index contributed by atoms with van der Waals surface area (Å²) < 4.78 is 22.0. The second-order valence-electron chi connectivity index (χ2n) is 10.2. The lowest BCUT2D eigenvalue weighted by atomic mass is 9.82. The zero-order valence-corrected chi connectivity index (χ0v) is 21.0. The summed E-state index contributed by atoms with van der Waals surface area (Å²) in [6.07, 6.45) is 0.840. The minimum absolute atomic E-state index is 0.000834. The first kappa shape index (κ1) is 23.2. The molecule has 2 aromatic carbocycles. The summed E-state index contributed by atoms with van der Waals surface area (Å²) in [6, 6.07) is 13.4. The van der Waals surface area contributed by atoms with Gasteiger partial charge in [-0.2, -0.15) is 0 Å². The number of amides is 2. The van der Waals surface area contributed by atoms with Crippen LogP contribution in [0.4, 0.5) is 21.2 Å². The number of para-hydroxylation sites is 1. The van der Waals surface area contributed by atoms with E-state index in [-0.39, 0.29) is 24.8 Å². The smallest absolute Gasteiger partial charge is 0.264 e. The lowest BCUT2D eigenvalue weighted by Gasteiger charge is -2.32. The van der Waals surface area contributed by atoms with Crippen molar-refractivity contribution in [3.05, 3.63) is 53.6 Å².